The molecule has 0 saturated carbocycles. The van der Waals surface area contributed by atoms with E-state index in [9.17, 15) is 0 Å². The Balaban J connectivity index is 3.04. The highest BCUT2D eigenvalue weighted by molar-refractivity contribution is 6.31. The quantitative estimate of drug-likeness (QED) is 0.628. The first-order chi connectivity index (χ1) is 7.41. The van der Waals surface area contributed by atoms with Crippen molar-refractivity contribution in [2.75, 3.05) is 6.61 Å². The summed E-state index contributed by atoms with van der Waals surface area (Å²) in [5.41, 5.74) is 7.27. The Hall–Kier alpha value is -1.22. The van der Waals surface area contributed by atoms with Crippen LogP contribution in [-0.2, 0) is 0 Å². The van der Waals surface area contributed by atoms with Gasteiger partial charge in [-0.15, -0.1) is 0 Å². The largest absolute Gasteiger partial charge is 0.485 e. The van der Waals surface area contributed by atoms with E-state index in [0.29, 0.717) is 5.92 Å². The Kier molecular flexibility index (Phi) is 4.19. The zero-order chi connectivity index (χ0) is 12.3. The van der Waals surface area contributed by atoms with Gasteiger partial charge in [0, 0.05) is 5.02 Å². The van der Waals surface area contributed by atoms with E-state index in [2.05, 4.69) is 13.8 Å². The molecule has 0 bridgehead atoms. The Morgan fingerprint density at radius 1 is 1.50 bits per heavy atom. The highest BCUT2D eigenvalue weighted by Gasteiger charge is 2.11. The molecule has 3 nitrogen and oxygen atoms in total. The van der Waals surface area contributed by atoms with Gasteiger partial charge < -0.3 is 10.5 Å². The summed E-state index contributed by atoms with van der Waals surface area (Å²) in [6.07, 6.45) is 0. The summed E-state index contributed by atoms with van der Waals surface area (Å²) in [7, 11) is 0. The van der Waals surface area contributed by atoms with Crippen molar-refractivity contribution in [3.63, 3.8) is 0 Å². The van der Waals surface area contributed by atoms with Crippen LogP contribution in [0.4, 0.5) is 0 Å². The van der Waals surface area contributed by atoms with E-state index in [-0.39, 0.29) is 12.4 Å². The third kappa shape index (κ3) is 3.14. The number of nitrogens with one attached hydrogen (secondary N) is 1. The normalized spacial score (nSPS) is 10.6. The fourth-order valence-electron chi connectivity index (χ4n) is 1.40. The molecule has 0 unspecified atom stereocenters. The molecular weight excluding hydrogens is 224 g/mol. The van der Waals surface area contributed by atoms with Crippen LogP contribution in [-0.4, -0.2) is 12.4 Å². The van der Waals surface area contributed by atoms with Gasteiger partial charge in [-0.3, -0.25) is 5.41 Å². The van der Waals surface area contributed by atoms with Crippen molar-refractivity contribution in [3.8, 4) is 5.75 Å². The van der Waals surface area contributed by atoms with Gasteiger partial charge in [-0.1, -0.05) is 25.4 Å². The molecule has 1 aromatic rings. The van der Waals surface area contributed by atoms with Gasteiger partial charge in [-0.2, -0.15) is 0 Å². The van der Waals surface area contributed by atoms with Crippen LogP contribution in [0, 0.1) is 12.3 Å². The topological polar surface area (TPSA) is 59.1 Å². The number of hydrogen-bond donors (Lipinski definition) is 2. The lowest BCUT2D eigenvalue weighted by molar-refractivity contribution is 0.368. The van der Waals surface area contributed by atoms with Crippen LogP contribution >= 0.6 is 11.6 Å². The van der Waals surface area contributed by atoms with Gasteiger partial charge >= 0.3 is 0 Å². The van der Waals surface area contributed by atoms with Crippen molar-refractivity contribution in [2.24, 2.45) is 5.73 Å². The highest BCUT2D eigenvalue weighted by Crippen LogP contribution is 2.31. The first kappa shape index (κ1) is 12.8. The number of rotatable bonds is 4. The van der Waals surface area contributed by atoms with Crippen LogP contribution in [0.2, 0.25) is 5.02 Å². The molecule has 0 atom stereocenters. The lowest BCUT2D eigenvalue weighted by Crippen LogP contribution is -2.19. The molecule has 1 aromatic carbocycles. The molecule has 0 aliphatic heterocycles. The fraction of sp³-hybridized carbons (Fsp3) is 0.417. The van der Waals surface area contributed by atoms with Crippen molar-refractivity contribution < 1.29 is 4.74 Å². The zero-order valence-electron chi connectivity index (χ0n) is 9.80. The van der Waals surface area contributed by atoms with Crippen LogP contribution in [0.25, 0.3) is 0 Å². The number of halogens is 1. The minimum atomic E-state index is 0.0160. The van der Waals surface area contributed by atoms with Gasteiger partial charge in [0.1, 0.15) is 18.2 Å². The van der Waals surface area contributed by atoms with Gasteiger partial charge in [0.2, 0.25) is 0 Å². The van der Waals surface area contributed by atoms with Crippen LogP contribution in [0.5, 0.6) is 5.75 Å². The molecule has 0 amide bonds. The smallest absolute Gasteiger partial charge is 0.145 e. The van der Waals surface area contributed by atoms with Crippen molar-refractivity contribution in [2.45, 2.75) is 26.7 Å². The minimum absolute atomic E-state index is 0.0160. The Morgan fingerprint density at radius 3 is 2.62 bits per heavy atom. The second kappa shape index (κ2) is 5.21. The Labute approximate surface area is 101 Å². The zero-order valence-corrected chi connectivity index (χ0v) is 10.6. The van der Waals surface area contributed by atoms with E-state index >= 15 is 0 Å². The molecule has 16 heavy (non-hydrogen) atoms. The average molecular weight is 241 g/mol. The predicted octanol–water partition coefficient (Wildman–Crippen LogP) is 3.09. The molecule has 88 valence electrons. The second-order valence-corrected chi connectivity index (χ2v) is 4.52. The van der Waals surface area contributed by atoms with Crippen molar-refractivity contribution in [3.05, 3.63) is 28.3 Å². The van der Waals surface area contributed by atoms with E-state index < -0.39 is 0 Å². The van der Waals surface area contributed by atoms with E-state index in [0.717, 1.165) is 21.9 Å². The van der Waals surface area contributed by atoms with Crippen LogP contribution < -0.4 is 10.5 Å². The summed E-state index contributed by atoms with van der Waals surface area (Å²) in [5.74, 6) is 1.09. The molecule has 1 rings (SSSR count). The Bertz CT molecular complexity index is 402. The highest BCUT2D eigenvalue weighted by atomic mass is 35.5. The van der Waals surface area contributed by atoms with Gasteiger partial charge in [0.05, 0.1) is 0 Å². The van der Waals surface area contributed by atoms with E-state index in [1.165, 1.54) is 0 Å². The monoisotopic (exact) mass is 240 g/mol. The fourth-order valence-corrected chi connectivity index (χ4v) is 1.57. The SMILES string of the molecule is Cc1cc(OCC(=N)N)c(C(C)C)cc1Cl. The minimum Gasteiger partial charge on any atom is -0.485 e. The third-order valence-electron chi connectivity index (χ3n) is 2.30. The summed E-state index contributed by atoms with van der Waals surface area (Å²) in [5, 5.41) is 7.88. The molecular formula is C12H17ClN2O. The summed E-state index contributed by atoms with van der Waals surface area (Å²) in [6, 6.07) is 3.80. The van der Waals surface area contributed by atoms with E-state index in [1.807, 2.05) is 19.1 Å². The second-order valence-electron chi connectivity index (χ2n) is 4.11. The molecule has 0 aliphatic carbocycles. The number of amidine groups is 1. The average Bonchev–Trinajstić information content (AvgIpc) is 2.18. The van der Waals surface area contributed by atoms with Crippen molar-refractivity contribution in [1.82, 2.24) is 0 Å². The summed E-state index contributed by atoms with van der Waals surface area (Å²) < 4.78 is 5.49. The molecule has 0 heterocycles. The standard InChI is InChI=1S/C12H17ClN2O/c1-7(2)9-5-10(13)8(3)4-11(9)16-6-12(14)15/h4-5,7H,6H2,1-3H3,(H3,14,15). The number of hydrogen-bond acceptors (Lipinski definition) is 2. The van der Waals surface area contributed by atoms with Crippen LogP contribution in [0.1, 0.15) is 30.9 Å². The first-order valence-corrected chi connectivity index (χ1v) is 5.55. The lowest BCUT2D eigenvalue weighted by Gasteiger charge is -2.15. The van der Waals surface area contributed by atoms with Gasteiger partial charge in [0.15, 0.2) is 0 Å². The van der Waals surface area contributed by atoms with Crippen LogP contribution in [0.15, 0.2) is 12.1 Å². The van der Waals surface area contributed by atoms with Crippen LogP contribution in [0.3, 0.4) is 0 Å². The van der Waals surface area contributed by atoms with Crippen molar-refractivity contribution in [1.29, 1.82) is 5.41 Å². The summed E-state index contributed by atoms with van der Waals surface area (Å²) in [4.78, 5) is 0. The van der Waals surface area contributed by atoms with Crippen molar-refractivity contribution >= 4 is 17.4 Å². The number of nitrogens with two attached hydrogens (primary N) is 1. The van der Waals surface area contributed by atoms with Gasteiger partial charge in [-0.25, -0.2) is 0 Å². The van der Waals surface area contributed by atoms with E-state index in [4.69, 9.17) is 27.5 Å². The van der Waals surface area contributed by atoms with Gasteiger partial charge in [0.25, 0.3) is 0 Å². The Morgan fingerprint density at radius 2 is 2.12 bits per heavy atom. The molecule has 4 heteroatoms. The predicted molar refractivity (Wildman–Crippen MR) is 67.7 cm³/mol. The molecule has 0 saturated heterocycles. The molecule has 0 aromatic heterocycles. The van der Waals surface area contributed by atoms with E-state index in [1.54, 1.807) is 0 Å². The number of ether oxygens (including phenoxy) is 1. The molecule has 3 N–H and O–H groups in total. The third-order valence-corrected chi connectivity index (χ3v) is 2.70. The molecule has 0 radical (unpaired) electrons. The maximum atomic E-state index is 7.14. The number of aryl methyl sites for hydroxylation is 1. The maximum Gasteiger partial charge on any atom is 0.145 e. The summed E-state index contributed by atoms with van der Waals surface area (Å²) in [6.45, 7) is 6.18. The first-order valence-electron chi connectivity index (χ1n) is 5.17. The lowest BCUT2D eigenvalue weighted by atomic mass is 10.0. The maximum absolute atomic E-state index is 7.14. The molecule has 0 fully saturated rings. The molecule has 0 aliphatic rings. The van der Waals surface area contributed by atoms with Gasteiger partial charge in [-0.05, 0) is 36.1 Å². The summed E-state index contributed by atoms with van der Waals surface area (Å²) >= 11 is 6.07. The molecule has 0 spiro atoms. The number of benzene rings is 1.